The standard InChI is InChI=1S/C48H96NO9P/c1-3-5-7-9-11-13-15-17-19-21-22-23-24-25-27-29-31-33-35-37-39-41-55-42-45(43-56-59(53,54)57-44-46(49)48(51)52)58-47(50)40-38-36-34-32-30-28-26-20-18-16-14-12-10-8-6-4-2/h45-46H,3-44,49H2,1-2H3,(H,51,52)(H,53,54). The van der Waals surface area contributed by atoms with Crippen LogP contribution in [0.25, 0.3) is 0 Å². The SMILES string of the molecule is CCCCCCCCCCCCCCCCCCCCCCCOCC(COP(=O)(O)OCC(N)C(=O)O)OC(=O)CCCCCCCCCCCCCCCCCC. The van der Waals surface area contributed by atoms with Crippen LogP contribution in [0.5, 0.6) is 0 Å². The van der Waals surface area contributed by atoms with Gasteiger partial charge in [-0.2, -0.15) is 0 Å². The molecule has 0 saturated carbocycles. The molecule has 0 amide bonds. The monoisotopic (exact) mass is 862 g/mol. The van der Waals surface area contributed by atoms with E-state index in [4.69, 9.17) is 29.4 Å². The lowest BCUT2D eigenvalue weighted by Gasteiger charge is -2.20. The van der Waals surface area contributed by atoms with Gasteiger partial charge in [0.05, 0.1) is 19.8 Å². The van der Waals surface area contributed by atoms with E-state index < -0.39 is 45.1 Å². The van der Waals surface area contributed by atoms with Crippen molar-refractivity contribution >= 4 is 19.8 Å². The highest BCUT2D eigenvalue weighted by atomic mass is 31.2. The van der Waals surface area contributed by atoms with Crippen molar-refractivity contribution in [3.63, 3.8) is 0 Å². The van der Waals surface area contributed by atoms with Crippen molar-refractivity contribution in [2.45, 2.75) is 270 Å². The Hall–Kier alpha value is -1.03. The van der Waals surface area contributed by atoms with Crippen LogP contribution in [0.3, 0.4) is 0 Å². The molecule has 0 saturated heterocycles. The maximum atomic E-state index is 12.7. The summed E-state index contributed by atoms with van der Waals surface area (Å²) in [5.74, 6) is -1.76. The highest BCUT2D eigenvalue weighted by Gasteiger charge is 2.27. The number of rotatable bonds is 49. The molecule has 59 heavy (non-hydrogen) atoms. The van der Waals surface area contributed by atoms with Crippen molar-refractivity contribution in [3.05, 3.63) is 0 Å². The molecule has 0 rings (SSSR count). The number of ether oxygens (including phenoxy) is 2. The van der Waals surface area contributed by atoms with Gasteiger partial charge in [-0.25, -0.2) is 4.57 Å². The molecule has 10 nitrogen and oxygen atoms in total. The van der Waals surface area contributed by atoms with Crippen molar-refractivity contribution in [2.24, 2.45) is 5.73 Å². The van der Waals surface area contributed by atoms with Gasteiger partial charge in [-0.15, -0.1) is 0 Å². The van der Waals surface area contributed by atoms with Crippen LogP contribution in [0, 0.1) is 0 Å². The summed E-state index contributed by atoms with van der Waals surface area (Å²) in [5, 5.41) is 8.92. The Kier molecular flexibility index (Phi) is 44.2. The molecular formula is C48H96NO9P. The van der Waals surface area contributed by atoms with E-state index >= 15 is 0 Å². The van der Waals surface area contributed by atoms with Crippen LogP contribution >= 0.6 is 7.82 Å². The highest BCUT2D eigenvalue weighted by molar-refractivity contribution is 7.47. The van der Waals surface area contributed by atoms with E-state index in [1.807, 2.05) is 0 Å². The molecule has 11 heteroatoms. The first-order chi connectivity index (χ1) is 28.7. The van der Waals surface area contributed by atoms with E-state index in [-0.39, 0.29) is 13.0 Å². The third-order valence-corrected chi connectivity index (χ3v) is 12.3. The number of carbonyl (C=O) groups excluding carboxylic acids is 1. The van der Waals surface area contributed by atoms with Gasteiger partial charge in [0.15, 0.2) is 0 Å². The third kappa shape index (κ3) is 44.8. The summed E-state index contributed by atoms with van der Waals surface area (Å²) in [4.78, 5) is 33.6. The lowest BCUT2D eigenvalue weighted by atomic mass is 10.0. The average Bonchev–Trinajstić information content (AvgIpc) is 3.21. The Bertz CT molecular complexity index is 955. The lowest BCUT2D eigenvalue weighted by molar-refractivity contribution is -0.154. The first kappa shape index (κ1) is 58.0. The van der Waals surface area contributed by atoms with E-state index in [0.717, 1.165) is 38.5 Å². The maximum absolute atomic E-state index is 12.7. The first-order valence-electron chi connectivity index (χ1n) is 25.1. The number of unbranched alkanes of at least 4 members (excludes halogenated alkanes) is 35. The molecule has 0 aromatic carbocycles. The third-order valence-electron chi connectivity index (χ3n) is 11.4. The molecule has 0 aliphatic heterocycles. The zero-order valence-corrected chi connectivity index (χ0v) is 39.5. The fourth-order valence-electron chi connectivity index (χ4n) is 7.49. The molecule has 4 N–H and O–H groups in total. The van der Waals surface area contributed by atoms with Crippen molar-refractivity contribution in [3.8, 4) is 0 Å². The number of carbonyl (C=O) groups is 2. The largest absolute Gasteiger partial charge is 0.480 e. The summed E-state index contributed by atoms with van der Waals surface area (Å²) < 4.78 is 33.5. The molecule has 0 heterocycles. The molecule has 0 aromatic rings. The number of aliphatic carboxylic acids is 1. The van der Waals surface area contributed by atoms with Crippen molar-refractivity contribution in [1.82, 2.24) is 0 Å². The number of carboxylic acids is 1. The summed E-state index contributed by atoms with van der Waals surface area (Å²) >= 11 is 0. The minimum Gasteiger partial charge on any atom is -0.480 e. The summed E-state index contributed by atoms with van der Waals surface area (Å²) in [6.07, 6.45) is 47.3. The lowest BCUT2D eigenvalue weighted by Crippen LogP contribution is -2.34. The van der Waals surface area contributed by atoms with Crippen LogP contribution in [0.15, 0.2) is 0 Å². The summed E-state index contributed by atoms with van der Waals surface area (Å²) in [5.41, 5.74) is 5.37. The van der Waals surface area contributed by atoms with E-state index in [1.165, 1.54) is 199 Å². The van der Waals surface area contributed by atoms with Crippen molar-refractivity contribution in [2.75, 3.05) is 26.4 Å². The average molecular weight is 862 g/mol. The van der Waals surface area contributed by atoms with Gasteiger partial charge in [0.2, 0.25) is 0 Å². The molecule has 0 radical (unpaired) electrons. The predicted octanol–water partition coefficient (Wildman–Crippen LogP) is 14.3. The molecule has 0 spiro atoms. The first-order valence-corrected chi connectivity index (χ1v) is 26.6. The fourth-order valence-corrected chi connectivity index (χ4v) is 8.27. The number of hydrogen-bond acceptors (Lipinski definition) is 8. The number of phosphoric acid groups is 1. The van der Waals surface area contributed by atoms with Gasteiger partial charge in [0.25, 0.3) is 0 Å². The van der Waals surface area contributed by atoms with E-state index in [2.05, 4.69) is 13.8 Å². The normalized spacial score (nSPS) is 13.7. The van der Waals surface area contributed by atoms with Gasteiger partial charge in [-0.1, -0.05) is 239 Å². The maximum Gasteiger partial charge on any atom is 0.472 e. The molecule has 0 bridgehead atoms. The zero-order chi connectivity index (χ0) is 43.3. The Morgan fingerprint density at radius 2 is 0.780 bits per heavy atom. The Morgan fingerprint density at radius 1 is 0.475 bits per heavy atom. The van der Waals surface area contributed by atoms with Gasteiger partial charge in [0, 0.05) is 13.0 Å². The second-order valence-corrected chi connectivity index (χ2v) is 18.8. The fraction of sp³-hybridized carbons (Fsp3) is 0.958. The van der Waals surface area contributed by atoms with Gasteiger partial charge in [-0.3, -0.25) is 18.6 Å². The van der Waals surface area contributed by atoms with Gasteiger partial charge in [0.1, 0.15) is 12.1 Å². The van der Waals surface area contributed by atoms with E-state index in [9.17, 15) is 19.0 Å². The minimum absolute atomic E-state index is 0.0263. The molecule has 352 valence electrons. The van der Waals surface area contributed by atoms with Gasteiger partial charge < -0.3 is 25.2 Å². The van der Waals surface area contributed by atoms with Crippen LogP contribution in [0.4, 0.5) is 0 Å². The summed E-state index contributed by atoms with van der Waals surface area (Å²) in [6, 6.07) is -1.47. The summed E-state index contributed by atoms with van der Waals surface area (Å²) in [7, 11) is -4.61. The number of carboxylic acid groups (broad SMARTS) is 1. The Morgan fingerprint density at radius 3 is 1.12 bits per heavy atom. The van der Waals surface area contributed by atoms with Crippen LogP contribution in [0.2, 0.25) is 0 Å². The zero-order valence-electron chi connectivity index (χ0n) is 38.6. The van der Waals surface area contributed by atoms with Crippen LogP contribution in [0.1, 0.15) is 258 Å². The highest BCUT2D eigenvalue weighted by Crippen LogP contribution is 2.43. The molecule has 3 atom stereocenters. The molecule has 0 aromatic heterocycles. The Balaban J connectivity index is 4.08. The number of esters is 1. The number of nitrogens with two attached hydrogens (primary N) is 1. The minimum atomic E-state index is -4.61. The van der Waals surface area contributed by atoms with Crippen LogP contribution in [-0.4, -0.2) is 60.5 Å². The van der Waals surface area contributed by atoms with Crippen molar-refractivity contribution in [1.29, 1.82) is 0 Å². The van der Waals surface area contributed by atoms with Gasteiger partial charge >= 0.3 is 19.8 Å². The number of hydrogen-bond donors (Lipinski definition) is 3. The second-order valence-electron chi connectivity index (χ2n) is 17.3. The molecule has 0 aliphatic rings. The smallest absolute Gasteiger partial charge is 0.472 e. The molecule has 0 fully saturated rings. The van der Waals surface area contributed by atoms with E-state index in [1.54, 1.807) is 0 Å². The second kappa shape index (κ2) is 45.0. The molecular weight excluding hydrogens is 765 g/mol. The van der Waals surface area contributed by atoms with Gasteiger partial charge in [-0.05, 0) is 12.8 Å². The van der Waals surface area contributed by atoms with Crippen LogP contribution < -0.4 is 5.73 Å². The topological polar surface area (TPSA) is 155 Å². The number of phosphoric ester groups is 1. The molecule has 0 aliphatic carbocycles. The quantitative estimate of drug-likeness (QED) is 0.0306. The molecule has 3 unspecified atom stereocenters. The predicted molar refractivity (Wildman–Crippen MR) is 245 cm³/mol. The van der Waals surface area contributed by atoms with E-state index in [0.29, 0.717) is 6.61 Å². The van der Waals surface area contributed by atoms with Crippen LogP contribution in [-0.2, 0) is 32.7 Å². The summed E-state index contributed by atoms with van der Waals surface area (Å²) in [6.45, 7) is 3.95. The Labute approximate surface area is 363 Å². The van der Waals surface area contributed by atoms with Crippen molar-refractivity contribution < 1.29 is 42.7 Å².